The first-order valence-corrected chi connectivity index (χ1v) is 5.63. The van der Waals surface area contributed by atoms with Crippen LogP contribution in [0.3, 0.4) is 0 Å². The monoisotopic (exact) mass is 200 g/mol. The number of piperazine rings is 1. The van der Waals surface area contributed by atoms with Crippen LogP contribution in [0.5, 0.6) is 0 Å². The molecule has 3 heteroatoms. The molecule has 1 N–H and O–H groups in total. The molecule has 3 atom stereocenters. The second kappa shape index (κ2) is 5.10. The Bertz CT molecular complexity index is 161. The van der Waals surface area contributed by atoms with E-state index in [1.165, 1.54) is 0 Å². The quantitative estimate of drug-likeness (QED) is 0.729. The van der Waals surface area contributed by atoms with E-state index in [9.17, 15) is 5.11 Å². The van der Waals surface area contributed by atoms with Crippen LogP contribution < -0.4 is 0 Å². The van der Waals surface area contributed by atoms with Crippen molar-refractivity contribution in [1.82, 2.24) is 9.80 Å². The minimum atomic E-state index is -0.166. The van der Waals surface area contributed by atoms with Gasteiger partial charge in [-0.05, 0) is 34.2 Å². The average Bonchev–Trinajstić information content (AvgIpc) is 2.10. The first-order chi connectivity index (χ1) is 6.50. The summed E-state index contributed by atoms with van der Waals surface area (Å²) in [5.41, 5.74) is 0. The van der Waals surface area contributed by atoms with Crippen LogP contribution in [0.4, 0.5) is 0 Å². The molecule has 1 aliphatic heterocycles. The van der Waals surface area contributed by atoms with Crippen molar-refractivity contribution in [1.29, 1.82) is 0 Å². The Morgan fingerprint density at radius 2 is 1.79 bits per heavy atom. The van der Waals surface area contributed by atoms with Crippen molar-refractivity contribution in [3.63, 3.8) is 0 Å². The Balaban J connectivity index is 2.34. The number of likely N-dealkylation sites (N-methyl/N-ethyl adjacent to an activating group) is 1. The summed E-state index contributed by atoms with van der Waals surface area (Å²) in [6.07, 6.45) is 0.726. The van der Waals surface area contributed by atoms with Gasteiger partial charge in [-0.25, -0.2) is 0 Å². The van der Waals surface area contributed by atoms with Gasteiger partial charge in [-0.2, -0.15) is 0 Å². The van der Waals surface area contributed by atoms with Gasteiger partial charge >= 0.3 is 0 Å². The number of hydrogen-bond acceptors (Lipinski definition) is 3. The maximum Gasteiger partial charge on any atom is 0.0524 e. The lowest BCUT2D eigenvalue weighted by Crippen LogP contribution is -2.55. The lowest BCUT2D eigenvalue weighted by atomic mass is 10.1. The highest BCUT2D eigenvalue weighted by Crippen LogP contribution is 2.13. The molecule has 1 rings (SSSR count). The third-order valence-corrected chi connectivity index (χ3v) is 3.30. The molecule has 14 heavy (non-hydrogen) atoms. The zero-order valence-corrected chi connectivity index (χ0v) is 9.90. The highest BCUT2D eigenvalue weighted by Gasteiger charge is 2.25. The molecular weight excluding hydrogens is 176 g/mol. The van der Waals surface area contributed by atoms with Crippen molar-refractivity contribution in [3.8, 4) is 0 Å². The average molecular weight is 200 g/mol. The Morgan fingerprint density at radius 3 is 2.21 bits per heavy atom. The van der Waals surface area contributed by atoms with E-state index in [-0.39, 0.29) is 6.10 Å². The first-order valence-electron chi connectivity index (χ1n) is 5.63. The van der Waals surface area contributed by atoms with Crippen LogP contribution in [-0.2, 0) is 0 Å². The predicted molar refractivity (Wildman–Crippen MR) is 59.4 cm³/mol. The van der Waals surface area contributed by atoms with Crippen LogP contribution in [0.15, 0.2) is 0 Å². The first kappa shape index (κ1) is 12.0. The summed E-state index contributed by atoms with van der Waals surface area (Å²) in [7, 11) is 2.20. The van der Waals surface area contributed by atoms with Gasteiger partial charge in [0, 0.05) is 31.7 Å². The Kier molecular flexibility index (Phi) is 4.35. The Labute approximate surface area is 87.7 Å². The van der Waals surface area contributed by atoms with E-state index in [4.69, 9.17) is 0 Å². The summed E-state index contributed by atoms with van der Waals surface area (Å²) in [4.78, 5) is 4.89. The largest absolute Gasteiger partial charge is 0.393 e. The minimum absolute atomic E-state index is 0.166. The van der Waals surface area contributed by atoms with Crippen molar-refractivity contribution in [2.75, 3.05) is 26.7 Å². The van der Waals surface area contributed by atoms with Crippen LogP contribution in [0.1, 0.15) is 27.2 Å². The molecule has 84 valence electrons. The summed E-state index contributed by atoms with van der Waals surface area (Å²) in [5.74, 6) is 0. The van der Waals surface area contributed by atoms with Crippen molar-refractivity contribution in [2.45, 2.75) is 45.4 Å². The van der Waals surface area contributed by atoms with Gasteiger partial charge in [0.05, 0.1) is 6.10 Å². The molecule has 0 aromatic rings. The molecular formula is C11H24N2O. The number of aliphatic hydroxyl groups is 1. The fourth-order valence-corrected chi connectivity index (χ4v) is 2.07. The van der Waals surface area contributed by atoms with Gasteiger partial charge < -0.3 is 10.0 Å². The fourth-order valence-electron chi connectivity index (χ4n) is 2.07. The van der Waals surface area contributed by atoms with E-state index in [1.54, 1.807) is 0 Å². The molecule has 0 aliphatic carbocycles. The zero-order chi connectivity index (χ0) is 10.7. The summed E-state index contributed by atoms with van der Waals surface area (Å²) < 4.78 is 0. The van der Waals surface area contributed by atoms with Crippen molar-refractivity contribution in [3.05, 3.63) is 0 Å². The summed E-state index contributed by atoms with van der Waals surface area (Å²) >= 11 is 0. The summed E-state index contributed by atoms with van der Waals surface area (Å²) in [6.45, 7) is 9.69. The second-order valence-electron chi connectivity index (χ2n) is 4.76. The molecule has 0 spiro atoms. The minimum Gasteiger partial charge on any atom is -0.393 e. The maximum absolute atomic E-state index is 9.23. The maximum atomic E-state index is 9.23. The Morgan fingerprint density at radius 1 is 1.29 bits per heavy atom. The van der Waals surface area contributed by atoms with Crippen molar-refractivity contribution in [2.24, 2.45) is 0 Å². The van der Waals surface area contributed by atoms with E-state index in [0.717, 1.165) is 26.1 Å². The van der Waals surface area contributed by atoms with E-state index in [2.05, 4.69) is 30.7 Å². The van der Waals surface area contributed by atoms with Crippen LogP contribution in [0.25, 0.3) is 0 Å². The SMILES string of the molecule is CC(O)CCN1CC(C)N(C)C(C)C1. The second-order valence-corrected chi connectivity index (χ2v) is 4.76. The molecule has 3 nitrogen and oxygen atoms in total. The van der Waals surface area contributed by atoms with Crippen molar-refractivity contribution < 1.29 is 5.11 Å². The molecule has 0 radical (unpaired) electrons. The van der Waals surface area contributed by atoms with E-state index < -0.39 is 0 Å². The van der Waals surface area contributed by atoms with Gasteiger partial charge in [-0.3, -0.25) is 4.90 Å². The molecule has 0 aromatic carbocycles. The highest BCUT2D eigenvalue weighted by molar-refractivity contribution is 4.82. The third-order valence-electron chi connectivity index (χ3n) is 3.30. The smallest absolute Gasteiger partial charge is 0.0524 e. The Hall–Kier alpha value is -0.120. The van der Waals surface area contributed by atoms with Gasteiger partial charge in [0.25, 0.3) is 0 Å². The highest BCUT2D eigenvalue weighted by atomic mass is 16.3. The zero-order valence-electron chi connectivity index (χ0n) is 9.90. The lowest BCUT2D eigenvalue weighted by Gasteiger charge is -2.42. The van der Waals surface area contributed by atoms with Crippen LogP contribution in [-0.4, -0.2) is 59.8 Å². The van der Waals surface area contributed by atoms with E-state index in [0.29, 0.717) is 12.1 Å². The standard InChI is InChI=1S/C11H24N2O/c1-9-7-13(6-5-11(3)14)8-10(2)12(9)4/h9-11,14H,5-8H2,1-4H3. The molecule has 3 unspecified atom stereocenters. The van der Waals surface area contributed by atoms with Gasteiger partial charge in [0.1, 0.15) is 0 Å². The molecule has 0 saturated carbocycles. The third kappa shape index (κ3) is 3.23. The molecule has 0 amide bonds. The van der Waals surface area contributed by atoms with Gasteiger partial charge in [-0.1, -0.05) is 0 Å². The van der Waals surface area contributed by atoms with Gasteiger partial charge in [0.2, 0.25) is 0 Å². The molecule has 1 aliphatic rings. The van der Waals surface area contributed by atoms with Crippen LogP contribution >= 0.6 is 0 Å². The number of nitrogens with zero attached hydrogens (tertiary/aromatic N) is 2. The topological polar surface area (TPSA) is 26.7 Å². The van der Waals surface area contributed by atoms with Crippen molar-refractivity contribution >= 4 is 0 Å². The molecule has 1 heterocycles. The number of hydrogen-bond donors (Lipinski definition) is 1. The number of aliphatic hydroxyl groups excluding tert-OH is 1. The molecule has 0 aromatic heterocycles. The van der Waals surface area contributed by atoms with Crippen LogP contribution in [0, 0.1) is 0 Å². The van der Waals surface area contributed by atoms with Gasteiger partial charge in [0.15, 0.2) is 0 Å². The molecule has 1 fully saturated rings. The lowest BCUT2D eigenvalue weighted by molar-refractivity contribution is 0.0505. The molecule has 0 bridgehead atoms. The fraction of sp³-hybridized carbons (Fsp3) is 1.00. The van der Waals surface area contributed by atoms with Crippen LogP contribution in [0.2, 0.25) is 0 Å². The normalized spacial score (nSPS) is 33.2. The summed E-state index contributed by atoms with van der Waals surface area (Å²) in [6, 6.07) is 1.26. The summed E-state index contributed by atoms with van der Waals surface area (Å²) in [5, 5.41) is 9.23. The predicted octanol–water partition coefficient (Wildman–Crippen LogP) is 0.782. The molecule has 1 saturated heterocycles. The van der Waals surface area contributed by atoms with Gasteiger partial charge in [-0.15, -0.1) is 0 Å². The van der Waals surface area contributed by atoms with E-state index in [1.807, 2.05) is 6.92 Å². The van der Waals surface area contributed by atoms with E-state index >= 15 is 0 Å². The number of rotatable bonds is 3.